The molecular weight excluding hydrogens is 332 g/mol. The third kappa shape index (κ3) is 5.83. The van der Waals surface area contributed by atoms with E-state index in [1.54, 1.807) is 7.11 Å². The number of hydrogen-bond acceptors (Lipinski definition) is 6. The molecule has 0 amide bonds. The van der Waals surface area contributed by atoms with Crippen molar-refractivity contribution in [1.82, 2.24) is 5.32 Å². The van der Waals surface area contributed by atoms with Gasteiger partial charge in [-0.25, -0.2) is 0 Å². The largest absolute Gasteiger partial charge is 0.489 e. The SMILES string of the molecule is COCCNCC(O)COc1cc([N+](=O)[O-])ccc1Br. The van der Waals surface area contributed by atoms with Gasteiger partial charge in [-0.2, -0.15) is 0 Å². The van der Waals surface area contributed by atoms with Crippen LogP contribution in [0.15, 0.2) is 22.7 Å². The van der Waals surface area contributed by atoms with Crippen LogP contribution in [0.1, 0.15) is 0 Å². The summed E-state index contributed by atoms with van der Waals surface area (Å²) in [4.78, 5) is 10.2. The zero-order chi connectivity index (χ0) is 15.0. The summed E-state index contributed by atoms with van der Waals surface area (Å²) in [5.41, 5.74) is -0.0593. The Hall–Kier alpha value is -1.22. The number of halogens is 1. The first-order valence-electron chi connectivity index (χ1n) is 5.99. The Balaban J connectivity index is 2.44. The monoisotopic (exact) mass is 348 g/mol. The van der Waals surface area contributed by atoms with Gasteiger partial charge in [0.25, 0.3) is 5.69 Å². The molecule has 0 aliphatic heterocycles. The van der Waals surface area contributed by atoms with E-state index in [4.69, 9.17) is 9.47 Å². The minimum Gasteiger partial charge on any atom is -0.489 e. The molecule has 0 saturated heterocycles. The third-order valence-corrected chi connectivity index (χ3v) is 3.07. The molecule has 20 heavy (non-hydrogen) atoms. The number of nitro benzene ring substituents is 1. The molecule has 0 bridgehead atoms. The van der Waals surface area contributed by atoms with E-state index in [0.717, 1.165) is 0 Å². The number of hydrogen-bond donors (Lipinski definition) is 2. The Labute approximate surface area is 125 Å². The van der Waals surface area contributed by atoms with Crippen molar-refractivity contribution in [2.75, 3.05) is 33.4 Å². The lowest BCUT2D eigenvalue weighted by molar-refractivity contribution is -0.385. The Kier molecular flexibility index (Phi) is 7.45. The second-order valence-electron chi connectivity index (χ2n) is 4.03. The number of non-ortho nitro benzene ring substituents is 1. The predicted molar refractivity (Wildman–Crippen MR) is 77.0 cm³/mol. The molecule has 0 saturated carbocycles. The average Bonchev–Trinajstić information content (AvgIpc) is 2.42. The number of methoxy groups -OCH3 is 1. The molecule has 7 nitrogen and oxygen atoms in total. The van der Waals surface area contributed by atoms with Gasteiger partial charge in [-0.1, -0.05) is 0 Å². The normalized spacial score (nSPS) is 12.2. The topological polar surface area (TPSA) is 93.9 Å². The number of ether oxygens (including phenoxy) is 2. The fourth-order valence-corrected chi connectivity index (χ4v) is 1.77. The van der Waals surface area contributed by atoms with Crippen LogP contribution in [-0.4, -0.2) is 49.5 Å². The van der Waals surface area contributed by atoms with E-state index in [1.165, 1.54) is 18.2 Å². The second kappa shape index (κ2) is 8.85. The lowest BCUT2D eigenvalue weighted by Gasteiger charge is -2.14. The van der Waals surface area contributed by atoms with Crippen LogP contribution < -0.4 is 10.1 Å². The van der Waals surface area contributed by atoms with Gasteiger partial charge in [0, 0.05) is 26.3 Å². The van der Waals surface area contributed by atoms with Crippen molar-refractivity contribution in [3.63, 3.8) is 0 Å². The van der Waals surface area contributed by atoms with Gasteiger partial charge >= 0.3 is 0 Å². The van der Waals surface area contributed by atoms with Crippen molar-refractivity contribution in [3.8, 4) is 5.75 Å². The summed E-state index contributed by atoms with van der Waals surface area (Å²) in [5.74, 6) is 0.329. The summed E-state index contributed by atoms with van der Waals surface area (Å²) in [7, 11) is 1.60. The molecule has 1 unspecified atom stereocenters. The van der Waals surface area contributed by atoms with Gasteiger partial charge < -0.3 is 19.9 Å². The highest BCUT2D eigenvalue weighted by atomic mass is 79.9. The first kappa shape index (κ1) is 16.8. The lowest BCUT2D eigenvalue weighted by Crippen LogP contribution is -2.33. The summed E-state index contributed by atoms with van der Waals surface area (Å²) in [6.45, 7) is 1.59. The standard InChI is InChI=1S/C12H17BrN2O5/c1-19-5-4-14-7-10(16)8-20-12-6-9(15(17)18)2-3-11(12)13/h2-3,6,10,14,16H,4-5,7-8H2,1H3. The van der Waals surface area contributed by atoms with Crippen molar-refractivity contribution >= 4 is 21.6 Å². The summed E-state index contributed by atoms with van der Waals surface area (Å²) in [6, 6.07) is 4.23. The van der Waals surface area contributed by atoms with Gasteiger partial charge in [-0.3, -0.25) is 10.1 Å². The van der Waals surface area contributed by atoms with E-state index in [0.29, 0.717) is 29.9 Å². The van der Waals surface area contributed by atoms with Gasteiger partial charge in [-0.15, -0.1) is 0 Å². The van der Waals surface area contributed by atoms with Gasteiger partial charge in [0.15, 0.2) is 0 Å². The molecule has 8 heteroatoms. The van der Waals surface area contributed by atoms with Gasteiger partial charge in [0.05, 0.1) is 22.1 Å². The highest BCUT2D eigenvalue weighted by Gasteiger charge is 2.12. The van der Waals surface area contributed by atoms with E-state index in [9.17, 15) is 15.2 Å². The average molecular weight is 349 g/mol. The fraction of sp³-hybridized carbons (Fsp3) is 0.500. The smallest absolute Gasteiger partial charge is 0.273 e. The quantitative estimate of drug-likeness (QED) is 0.397. The zero-order valence-corrected chi connectivity index (χ0v) is 12.6. The van der Waals surface area contributed by atoms with Crippen LogP contribution in [-0.2, 0) is 4.74 Å². The minimum absolute atomic E-state index is 0.0414. The molecule has 0 aromatic heterocycles. The van der Waals surface area contributed by atoms with Crippen molar-refractivity contribution in [2.24, 2.45) is 0 Å². The van der Waals surface area contributed by atoms with Crippen LogP contribution in [0.2, 0.25) is 0 Å². The number of nitrogens with zero attached hydrogens (tertiary/aromatic N) is 1. The van der Waals surface area contributed by atoms with E-state index in [1.807, 2.05) is 0 Å². The second-order valence-corrected chi connectivity index (χ2v) is 4.89. The molecule has 0 aliphatic rings. The molecular formula is C12H17BrN2O5. The number of aliphatic hydroxyl groups excluding tert-OH is 1. The van der Waals surface area contributed by atoms with E-state index in [-0.39, 0.29) is 12.3 Å². The number of nitrogens with one attached hydrogen (secondary N) is 1. The van der Waals surface area contributed by atoms with E-state index in [2.05, 4.69) is 21.2 Å². The van der Waals surface area contributed by atoms with Crippen LogP contribution in [0.25, 0.3) is 0 Å². The Morgan fingerprint density at radius 2 is 2.30 bits per heavy atom. The number of benzene rings is 1. The van der Waals surface area contributed by atoms with Crippen LogP contribution in [0.3, 0.4) is 0 Å². The molecule has 1 aromatic carbocycles. The van der Waals surface area contributed by atoms with E-state index >= 15 is 0 Å². The zero-order valence-electron chi connectivity index (χ0n) is 11.0. The maximum absolute atomic E-state index is 10.7. The minimum atomic E-state index is -0.710. The van der Waals surface area contributed by atoms with Crippen molar-refractivity contribution in [3.05, 3.63) is 32.8 Å². The summed E-state index contributed by atoms with van der Waals surface area (Å²) in [5, 5.41) is 23.4. The Bertz CT molecular complexity index is 444. The summed E-state index contributed by atoms with van der Waals surface area (Å²) in [6.07, 6.45) is -0.710. The summed E-state index contributed by atoms with van der Waals surface area (Å²) >= 11 is 3.24. The molecule has 2 N–H and O–H groups in total. The summed E-state index contributed by atoms with van der Waals surface area (Å²) < 4.78 is 10.8. The van der Waals surface area contributed by atoms with Crippen LogP contribution >= 0.6 is 15.9 Å². The number of nitro groups is 1. The predicted octanol–water partition coefficient (Wildman–Crippen LogP) is 1.33. The molecule has 0 spiro atoms. The molecule has 0 aliphatic carbocycles. The van der Waals surface area contributed by atoms with Gasteiger partial charge in [-0.05, 0) is 22.0 Å². The Morgan fingerprint density at radius 1 is 1.55 bits per heavy atom. The molecule has 1 rings (SSSR count). The third-order valence-electron chi connectivity index (χ3n) is 2.42. The first-order valence-corrected chi connectivity index (χ1v) is 6.78. The van der Waals surface area contributed by atoms with Gasteiger partial charge in [0.2, 0.25) is 0 Å². The van der Waals surface area contributed by atoms with Crippen LogP contribution in [0.5, 0.6) is 5.75 Å². The molecule has 112 valence electrons. The van der Waals surface area contributed by atoms with E-state index < -0.39 is 11.0 Å². The molecule has 0 fully saturated rings. The lowest BCUT2D eigenvalue weighted by atomic mass is 10.3. The molecule has 1 atom stereocenters. The molecule has 0 heterocycles. The first-order chi connectivity index (χ1) is 9.54. The van der Waals surface area contributed by atoms with Crippen molar-refractivity contribution in [2.45, 2.75) is 6.10 Å². The number of rotatable bonds is 9. The maximum atomic E-state index is 10.7. The number of aliphatic hydroxyl groups is 1. The highest BCUT2D eigenvalue weighted by Crippen LogP contribution is 2.29. The van der Waals surface area contributed by atoms with Crippen molar-refractivity contribution in [1.29, 1.82) is 0 Å². The molecule has 0 radical (unpaired) electrons. The van der Waals surface area contributed by atoms with Crippen LogP contribution in [0.4, 0.5) is 5.69 Å². The molecule has 1 aromatic rings. The Morgan fingerprint density at radius 3 is 2.95 bits per heavy atom. The van der Waals surface area contributed by atoms with Crippen molar-refractivity contribution < 1.29 is 19.5 Å². The highest BCUT2D eigenvalue weighted by molar-refractivity contribution is 9.10. The maximum Gasteiger partial charge on any atom is 0.273 e. The fourth-order valence-electron chi connectivity index (χ4n) is 1.40. The van der Waals surface area contributed by atoms with Crippen LogP contribution in [0, 0.1) is 10.1 Å². The van der Waals surface area contributed by atoms with Gasteiger partial charge in [0.1, 0.15) is 18.5 Å².